The van der Waals surface area contributed by atoms with Crippen LogP contribution in [0.1, 0.15) is 16.9 Å². The van der Waals surface area contributed by atoms with Gasteiger partial charge in [-0.3, -0.25) is 9.78 Å². The smallest absolute Gasteiger partial charge is 0.269 e. The standard InChI is InChI=1S/C17H20ClN3O3/c1-23-9-3-7-20-17(22)15-11-13(6-8-19-15)21-14-10-12(18)4-5-16(14)24-2/h4-6,8,10-11H,3,7,9H2,1-2H3,(H,19,21)(H,20,22). The molecule has 0 unspecified atom stereocenters. The molecule has 0 aliphatic heterocycles. The summed E-state index contributed by atoms with van der Waals surface area (Å²) in [5, 5.41) is 6.57. The zero-order valence-electron chi connectivity index (χ0n) is 13.6. The lowest BCUT2D eigenvalue weighted by Crippen LogP contribution is -2.26. The van der Waals surface area contributed by atoms with Gasteiger partial charge in [-0.1, -0.05) is 11.6 Å². The number of hydrogen-bond acceptors (Lipinski definition) is 5. The van der Waals surface area contributed by atoms with Gasteiger partial charge in [0.05, 0.1) is 12.8 Å². The molecule has 1 aromatic heterocycles. The van der Waals surface area contributed by atoms with Crippen molar-refractivity contribution in [3.05, 3.63) is 47.2 Å². The van der Waals surface area contributed by atoms with E-state index < -0.39 is 0 Å². The van der Waals surface area contributed by atoms with E-state index in [9.17, 15) is 4.79 Å². The van der Waals surface area contributed by atoms with Crippen LogP contribution in [0.4, 0.5) is 11.4 Å². The number of anilines is 2. The summed E-state index contributed by atoms with van der Waals surface area (Å²) in [5.74, 6) is 0.426. The van der Waals surface area contributed by atoms with E-state index in [1.54, 1.807) is 50.7 Å². The van der Waals surface area contributed by atoms with Gasteiger partial charge in [0.25, 0.3) is 5.91 Å². The fourth-order valence-corrected chi connectivity index (χ4v) is 2.25. The summed E-state index contributed by atoms with van der Waals surface area (Å²) >= 11 is 6.02. The van der Waals surface area contributed by atoms with Gasteiger partial charge in [0.2, 0.25) is 0 Å². The summed E-state index contributed by atoms with van der Waals surface area (Å²) in [4.78, 5) is 16.2. The van der Waals surface area contributed by atoms with Crippen molar-refractivity contribution in [1.82, 2.24) is 10.3 Å². The van der Waals surface area contributed by atoms with Crippen LogP contribution in [-0.2, 0) is 4.74 Å². The molecule has 1 amide bonds. The molecule has 0 atom stereocenters. The highest BCUT2D eigenvalue weighted by atomic mass is 35.5. The predicted octanol–water partition coefficient (Wildman–Crippen LogP) is 3.25. The Hall–Kier alpha value is -2.31. The Morgan fingerprint density at radius 2 is 2.08 bits per heavy atom. The van der Waals surface area contributed by atoms with E-state index in [-0.39, 0.29) is 5.91 Å². The van der Waals surface area contributed by atoms with Crippen LogP contribution in [0.5, 0.6) is 5.75 Å². The van der Waals surface area contributed by atoms with Crippen molar-refractivity contribution in [2.75, 3.05) is 32.7 Å². The van der Waals surface area contributed by atoms with Gasteiger partial charge in [-0.15, -0.1) is 0 Å². The highest BCUT2D eigenvalue weighted by molar-refractivity contribution is 6.31. The molecule has 6 nitrogen and oxygen atoms in total. The number of halogens is 1. The second-order valence-electron chi connectivity index (χ2n) is 5.00. The number of ether oxygens (including phenoxy) is 2. The molecule has 0 radical (unpaired) electrons. The Labute approximate surface area is 146 Å². The first-order valence-corrected chi connectivity index (χ1v) is 7.85. The van der Waals surface area contributed by atoms with Crippen molar-refractivity contribution in [2.24, 2.45) is 0 Å². The van der Waals surface area contributed by atoms with Crippen LogP contribution in [0.25, 0.3) is 0 Å². The Balaban J connectivity index is 2.07. The maximum atomic E-state index is 12.1. The number of pyridine rings is 1. The van der Waals surface area contributed by atoms with Crippen molar-refractivity contribution >= 4 is 28.9 Å². The lowest BCUT2D eigenvalue weighted by Gasteiger charge is -2.12. The molecule has 0 aliphatic rings. The number of rotatable bonds is 8. The topological polar surface area (TPSA) is 72.5 Å². The average molecular weight is 350 g/mol. The van der Waals surface area contributed by atoms with Crippen molar-refractivity contribution < 1.29 is 14.3 Å². The first-order valence-electron chi connectivity index (χ1n) is 7.48. The van der Waals surface area contributed by atoms with Crippen molar-refractivity contribution in [1.29, 1.82) is 0 Å². The number of nitrogens with one attached hydrogen (secondary N) is 2. The van der Waals surface area contributed by atoms with Gasteiger partial charge in [-0.2, -0.15) is 0 Å². The van der Waals surface area contributed by atoms with Crippen molar-refractivity contribution in [2.45, 2.75) is 6.42 Å². The number of amides is 1. The molecule has 7 heteroatoms. The molecule has 0 aliphatic carbocycles. The van der Waals surface area contributed by atoms with Gasteiger partial charge in [0.1, 0.15) is 11.4 Å². The minimum Gasteiger partial charge on any atom is -0.495 e. The number of hydrogen-bond donors (Lipinski definition) is 2. The molecule has 24 heavy (non-hydrogen) atoms. The largest absolute Gasteiger partial charge is 0.495 e. The van der Waals surface area contributed by atoms with Gasteiger partial charge in [-0.25, -0.2) is 0 Å². The number of nitrogens with zero attached hydrogens (tertiary/aromatic N) is 1. The third-order valence-electron chi connectivity index (χ3n) is 3.24. The number of carbonyl (C=O) groups is 1. The molecule has 2 N–H and O–H groups in total. The van der Waals surface area contributed by atoms with E-state index in [2.05, 4.69) is 15.6 Å². The van der Waals surface area contributed by atoms with Crippen LogP contribution in [0.3, 0.4) is 0 Å². The maximum Gasteiger partial charge on any atom is 0.269 e. The number of carbonyl (C=O) groups excluding carboxylic acids is 1. The highest BCUT2D eigenvalue weighted by Gasteiger charge is 2.09. The second-order valence-corrected chi connectivity index (χ2v) is 5.44. The third kappa shape index (κ3) is 5.11. The Kier molecular flexibility index (Phi) is 6.84. The van der Waals surface area contributed by atoms with E-state index >= 15 is 0 Å². The second kappa shape index (κ2) is 9.10. The molecule has 2 aromatic rings. The highest BCUT2D eigenvalue weighted by Crippen LogP contribution is 2.30. The Morgan fingerprint density at radius 3 is 2.83 bits per heavy atom. The summed E-state index contributed by atoms with van der Waals surface area (Å²) in [5.41, 5.74) is 1.76. The van der Waals surface area contributed by atoms with E-state index in [0.717, 1.165) is 6.42 Å². The lowest BCUT2D eigenvalue weighted by atomic mass is 10.2. The first kappa shape index (κ1) is 18.0. The first-order chi connectivity index (χ1) is 11.6. The summed E-state index contributed by atoms with van der Waals surface area (Å²) in [6.07, 6.45) is 2.32. The minimum atomic E-state index is -0.229. The SMILES string of the molecule is COCCCNC(=O)c1cc(Nc2cc(Cl)ccc2OC)ccn1. The van der Waals surface area contributed by atoms with Gasteiger partial charge < -0.3 is 20.1 Å². The average Bonchev–Trinajstić information content (AvgIpc) is 2.59. The summed E-state index contributed by atoms with van der Waals surface area (Å²) in [6, 6.07) is 8.71. The van der Waals surface area contributed by atoms with Gasteiger partial charge in [-0.05, 0) is 36.8 Å². The van der Waals surface area contributed by atoms with Crippen LogP contribution in [0.15, 0.2) is 36.5 Å². The molecular formula is C17H20ClN3O3. The quantitative estimate of drug-likeness (QED) is 0.716. The predicted molar refractivity (Wildman–Crippen MR) is 94.3 cm³/mol. The fourth-order valence-electron chi connectivity index (χ4n) is 2.07. The summed E-state index contributed by atoms with van der Waals surface area (Å²) in [7, 11) is 3.21. The zero-order chi connectivity index (χ0) is 17.4. The van der Waals surface area contributed by atoms with E-state index in [0.29, 0.717) is 41.0 Å². The summed E-state index contributed by atoms with van der Waals surface area (Å²) < 4.78 is 10.2. The molecule has 0 bridgehead atoms. The molecule has 128 valence electrons. The van der Waals surface area contributed by atoms with E-state index in [1.807, 2.05) is 0 Å². The zero-order valence-corrected chi connectivity index (χ0v) is 14.4. The van der Waals surface area contributed by atoms with Gasteiger partial charge >= 0.3 is 0 Å². The molecule has 2 rings (SSSR count). The van der Waals surface area contributed by atoms with E-state index in [1.165, 1.54) is 0 Å². The Morgan fingerprint density at radius 1 is 1.25 bits per heavy atom. The molecule has 1 aromatic carbocycles. The molecule has 1 heterocycles. The number of methoxy groups -OCH3 is 2. The molecule has 0 saturated heterocycles. The molecular weight excluding hydrogens is 330 g/mol. The van der Waals surface area contributed by atoms with Crippen molar-refractivity contribution in [3.63, 3.8) is 0 Å². The number of benzene rings is 1. The van der Waals surface area contributed by atoms with Crippen LogP contribution in [-0.4, -0.2) is 38.3 Å². The minimum absolute atomic E-state index is 0.229. The fraction of sp³-hybridized carbons (Fsp3) is 0.294. The lowest BCUT2D eigenvalue weighted by molar-refractivity contribution is 0.0943. The van der Waals surface area contributed by atoms with Crippen LogP contribution >= 0.6 is 11.6 Å². The normalized spacial score (nSPS) is 10.3. The number of aromatic nitrogens is 1. The molecule has 0 spiro atoms. The van der Waals surface area contributed by atoms with Crippen LogP contribution in [0, 0.1) is 0 Å². The van der Waals surface area contributed by atoms with Crippen LogP contribution < -0.4 is 15.4 Å². The maximum absolute atomic E-state index is 12.1. The van der Waals surface area contributed by atoms with E-state index in [4.69, 9.17) is 21.1 Å². The summed E-state index contributed by atoms with van der Waals surface area (Å²) in [6.45, 7) is 1.14. The van der Waals surface area contributed by atoms with Gasteiger partial charge in [0, 0.05) is 37.2 Å². The molecule has 0 saturated carbocycles. The van der Waals surface area contributed by atoms with Crippen LogP contribution in [0.2, 0.25) is 5.02 Å². The van der Waals surface area contributed by atoms with Gasteiger partial charge in [0.15, 0.2) is 0 Å². The monoisotopic (exact) mass is 349 g/mol. The Bertz CT molecular complexity index is 695. The third-order valence-corrected chi connectivity index (χ3v) is 3.48. The van der Waals surface area contributed by atoms with Crippen molar-refractivity contribution in [3.8, 4) is 5.75 Å². The molecule has 0 fully saturated rings.